The fraction of sp³-hybridized carbons (Fsp3) is 0.438. The molecule has 1 heterocycles. The van der Waals surface area contributed by atoms with Crippen molar-refractivity contribution < 1.29 is 0 Å². The molecule has 1 aromatic heterocycles. The molecule has 0 saturated carbocycles. The molecule has 0 aliphatic carbocycles. The summed E-state index contributed by atoms with van der Waals surface area (Å²) >= 11 is 6.14. The molecule has 0 spiro atoms. The Kier molecular flexibility index (Phi) is 5.21. The number of nitrogens with one attached hydrogen (secondary N) is 1. The predicted molar refractivity (Wildman–Crippen MR) is 84.2 cm³/mol. The largest absolute Gasteiger partial charge is 0.305 e. The Hall–Kier alpha value is -1.32. The van der Waals surface area contributed by atoms with Gasteiger partial charge < -0.3 is 5.32 Å². The number of aryl methyl sites for hydroxylation is 2. The predicted octanol–water partition coefficient (Wildman–Crippen LogP) is 3.95. The first-order valence-corrected chi connectivity index (χ1v) is 7.56. The maximum absolute atomic E-state index is 6.14. The molecule has 1 atom stereocenters. The van der Waals surface area contributed by atoms with E-state index >= 15 is 0 Å². The summed E-state index contributed by atoms with van der Waals surface area (Å²) in [5.74, 6) is 0. The lowest BCUT2D eigenvalue weighted by Crippen LogP contribution is -2.25. The summed E-state index contributed by atoms with van der Waals surface area (Å²) in [6.45, 7) is 8.15. The van der Waals surface area contributed by atoms with Crippen molar-refractivity contribution in [2.24, 2.45) is 0 Å². The topological polar surface area (TPSA) is 29.9 Å². The van der Waals surface area contributed by atoms with Crippen molar-refractivity contribution in [1.82, 2.24) is 15.1 Å². The molecule has 1 unspecified atom stereocenters. The molecule has 2 rings (SSSR count). The molecule has 0 amide bonds. The van der Waals surface area contributed by atoms with Crippen LogP contribution in [0.2, 0.25) is 5.02 Å². The van der Waals surface area contributed by atoms with Gasteiger partial charge in [-0.1, -0.05) is 30.7 Å². The smallest absolute Gasteiger partial charge is 0.0748 e. The van der Waals surface area contributed by atoms with Crippen LogP contribution >= 0.6 is 11.6 Å². The van der Waals surface area contributed by atoms with Gasteiger partial charge in [-0.25, -0.2) is 0 Å². The second kappa shape index (κ2) is 6.91. The van der Waals surface area contributed by atoms with Crippen LogP contribution in [-0.2, 0) is 6.54 Å². The molecule has 4 heteroatoms. The fourth-order valence-corrected chi connectivity index (χ4v) is 2.62. The summed E-state index contributed by atoms with van der Waals surface area (Å²) in [4.78, 5) is 0. The van der Waals surface area contributed by atoms with Crippen LogP contribution in [0.25, 0.3) is 0 Å². The Morgan fingerprint density at radius 3 is 2.75 bits per heavy atom. The van der Waals surface area contributed by atoms with Gasteiger partial charge in [-0.3, -0.25) is 4.68 Å². The molecule has 0 fully saturated rings. The zero-order valence-corrected chi connectivity index (χ0v) is 13.1. The third-order valence-electron chi connectivity index (χ3n) is 3.31. The van der Waals surface area contributed by atoms with Crippen molar-refractivity contribution in [2.45, 2.75) is 39.8 Å². The second-order valence-electron chi connectivity index (χ2n) is 4.97. The molecule has 2 aromatic rings. The average molecular weight is 292 g/mol. The lowest BCUT2D eigenvalue weighted by atomic mass is 10.0. The van der Waals surface area contributed by atoms with Gasteiger partial charge in [-0.15, -0.1) is 0 Å². The molecular weight excluding hydrogens is 270 g/mol. The normalized spacial score (nSPS) is 12.6. The Balaban J connectivity index is 2.41. The van der Waals surface area contributed by atoms with Crippen molar-refractivity contribution in [1.29, 1.82) is 0 Å². The van der Waals surface area contributed by atoms with Crippen LogP contribution in [0.3, 0.4) is 0 Å². The van der Waals surface area contributed by atoms with E-state index in [4.69, 9.17) is 11.6 Å². The van der Waals surface area contributed by atoms with Gasteiger partial charge in [0.25, 0.3) is 0 Å². The maximum atomic E-state index is 6.14. The Bertz CT molecular complexity index is 563. The first kappa shape index (κ1) is 15.1. The minimum atomic E-state index is 0.134. The van der Waals surface area contributed by atoms with E-state index in [9.17, 15) is 0 Å². The van der Waals surface area contributed by atoms with Crippen molar-refractivity contribution in [3.63, 3.8) is 0 Å². The summed E-state index contributed by atoms with van der Waals surface area (Å²) in [5, 5.41) is 8.92. The number of hydrogen-bond acceptors (Lipinski definition) is 2. The zero-order valence-electron chi connectivity index (χ0n) is 12.4. The van der Waals surface area contributed by atoms with E-state index in [1.54, 1.807) is 0 Å². The minimum Gasteiger partial charge on any atom is -0.305 e. The Morgan fingerprint density at radius 1 is 1.30 bits per heavy atom. The number of nitrogens with zero attached hydrogens (tertiary/aromatic N) is 2. The lowest BCUT2D eigenvalue weighted by molar-refractivity contribution is 0.529. The fourth-order valence-electron chi connectivity index (χ4n) is 2.42. The van der Waals surface area contributed by atoms with Gasteiger partial charge in [-0.2, -0.15) is 5.10 Å². The standard InChI is InChI=1S/C16H22ClN3/c1-4-9-18-16(13-7-6-8-14(17)11-13)15-10-12(3)19-20(15)5-2/h6-8,10-11,16,18H,4-5,9H2,1-3H3. The van der Waals surface area contributed by atoms with Gasteiger partial charge in [0.05, 0.1) is 17.4 Å². The van der Waals surface area contributed by atoms with E-state index in [1.807, 2.05) is 25.1 Å². The molecule has 20 heavy (non-hydrogen) atoms. The van der Waals surface area contributed by atoms with E-state index < -0.39 is 0 Å². The van der Waals surface area contributed by atoms with Crippen LogP contribution in [0.1, 0.15) is 43.3 Å². The van der Waals surface area contributed by atoms with Crippen LogP contribution < -0.4 is 5.32 Å². The van der Waals surface area contributed by atoms with Gasteiger partial charge >= 0.3 is 0 Å². The second-order valence-corrected chi connectivity index (χ2v) is 5.40. The van der Waals surface area contributed by atoms with Crippen LogP contribution in [0, 0.1) is 6.92 Å². The third kappa shape index (κ3) is 3.41. The van der Waals surface area contributed by atoms with Gasteiger partial charge in [-0.05, 0) is 50.6 Å². The first-order chi connectivity index (χ1) is 9.65. The third-order valence-corrected chi connectivity index (χ3v) is 3.54. The van der Waals surface area contributed by atoms with Gasteiger partial charge in [0, 0.05) is 11.6 Å². The van der Waals surface area contributed by atoms with E-state index in [2.05, 4.69) is 41.1 Å². The van der Waals surface area contributed by atoms with Gasteiger partial charge in [0.1, 0.15) is 0 Å². The molecule has 0 aliphatic rings. The van der Waals surface area contributed by atoms with Crippen molar-refractivity contribution in [2.75, 3.05) is 6.54 Å². The summed E-state index contributed by atoms with van der Waals surface area (Å²) in [7, 11) is 0. The first-order valence-electron chi connectivity index (χ1n) is 7.18. The zero-order chi connectivity index (χ0) is 14.5. The van der Waals surface area contributed by atoms with E-state index in [0.717, 1.165) is 30.2 Å². The summed E-state index contributed by atoms with van der Waals surface area (Å²) in [5.41, 5.74) is 3.42. The van der Waals surface area contributed by atoms with Crippen LogP contribution in [0.4, 0.5) is 0 Å². The molecule has 3 nitrogen and oxygen atoms in total. The average Bonchev–Trinajstić information content (AvgIpc) is 2.80. The molecule has 0 bridgehead atoms. The van der Waals surface area contributed by atoms with Crippen molar-refractivity contribution in [3.05, 3.63) is 52.3 Å². The Morgan fingerprint density at radius 2 is 2.10 bits per heavy atom. The highest BCUT2D eigenvalue weighted by molar-refractivity contribution is 6.30. The number of hydrogen-bond donors (Lipinski definition) is 1. The van der Waals surface area contributed by atoms with Crippen molar-refractivity contribution >= 4 is 11.6 Å². The highest BCUT2D eigenvalue weighted by Gasteiger charge is 2.18. The minimum absolute atomic E-state index is 0.134. The Labute approximate surface area is 126 Å². The number of rotatable bonds is 6. The molecule has 0 radical (unpaired) electrons. The van der Waals surface area contributed by atoms with Crippen molar-refractivity contribution in [3.8, 4) is 0 Å². The summed E-state index contributed by atoms with van der Waals surface area (Å²) in [6.07, 6.45) is 1.09. The van der Waals surface area contributed by atoms with Crippen LogP contribution in [0.15, 0.2) is 30.3 Å². The highest BCUT2D eigenvalue weighted by atomic mass is 35.5. The number of halogens is 1. The van der Waals surface area contributed by atoms with E-state index in [0.29, 0.717) is 0 Å². The molecule has 0 saturated heterocycles. The molecule has 1 N–H and O–H groups in total. The maximum Gasteiger partial charge on any atom is 0.0748 e. The SMILES string of the molecule is CCCNC(c1cccc(Cl)c1)c1cc(C)nn1CC. The van der Waals surface area contributed by atoms with E-state index in [1.165, 1.54) is 11.3 Å². The number of aromatic nitrogens is 2. The highest BCUT2D eigenvalue weighted by Crippen LogP contribution is 2.25. The summed E-state index contributed by atoms with van der Waals surface area (Å²) in [6, 6.07) is 10.3. The number of benzene rings is 1. The molecule has 1 aromatic carbocycles. The molecule has 0 aliphatic heterocycles. The lowest BCUT2D eigenvalue weighted by Gasteiger charge is -2.20. The van der Waals surface area contributed by atoms with E-state index in [-0.39, 0.29) is 6.04 Å². The monoisotopic (exact) mass is 291 g/mol. The van der Waals surface area contributed by atoms with Gasteiger partial charge in [0.15, 0.2) is 0 Å². The van der Waals surface area contributed by atoms with Crippen LogP contribution in [0.5, 0.6) is 0 Å². The van der Waals surface area contributed by atoms with Gasteiger partial charge in [0.2, 0.25) is 0 Å². The van der Waals surface area contributed by atoms with Crippen LogP contribution in [-0.4, -0.2) is 16.3 Å². The molecule has 108 valence electrons. The summed E-state index contributed by atoms with van der Waals surface area (Å²) < 4.78 is 2.06. The quantitative estimate of drug-likeness (QED) is 0.873. The molecular formula is C16H22ClN3.